The van der Waals surface area contributed by atoms with Crippen LogP contribution >= 0.6 is 15.9 Å². The van der Waals surface area contributed by atoms with E-state index in [0.29, 0.717) is 17.5 Å². The molecule has 0 aliphatic carbocycles. The number of benzene rings is 1. The van der Waals surface area contributed by atoms with Crippen LogP contribution in [0.4, 0.5) is 5.69 Å². The predicted molar refractivity (Wildman–Crippen MR) is 79.4 cm³/mol. The fourth-order valence-electron chi connectivity index (χ4n) is 3.22. The monoisotopic (exact) mass is 323 g/mol. The first-order valence-electron chi connectivity index (χ1n) is 6.73. The highest BCUT2D eigenvalue weighted by Crippen LogP contribution is 2.32. The first kappa shape index (κ1) is 12.9. The van der Waals surface area contributed by atoms with Crippen molar-refractivity contribution in [3.05, 3.63) is 28.2 Å². The van der Waals surface area contributed by atoms with Gasteiger partial charge in [-0.3, -0.25) is 4.79 Å². The van der Waals surface area contributed by atoms with Gasteiger partial charge in [0.2, 0.25) is 0 Å². The number of anilines is 1. The van der Waals surface area contributed by atoms with E-state index in [4.69, 9.17) is 5.73 Å². The van der Waals surface area contributed by atoms with Crippen molar-refractivity contribution >= 4 is 27.5 Å². The highest BCUT2D eigenvalue weighted by Gasteiger charge is 2.35. The molecule has 0 spiro atoms. The summed E-state index contributed by atoms with van der Waals surface area (Å²) in [5.41, 5.74) is 7.05. The molecule has 2 aliphatic heterocycles. The Hall–Kier alpha value is -1.07. The molecule has 2 unspecified atom stereocenters. The zero-order valence-corrected chi connectivity index (χ0v) is 12.3. The molecule has 0 aromatic heterocycles. The average Bonchev–Trinajstić information content (AvgIpc) is 2.81. The fourth-order valence-corrected chi connectivity index (χ4v) is 3.57. The average molecular weight is 324 g/mol. The Balaban J connectivity index is 1.90. The molecule has 0 radical (unpaired) electrons. The largest absolute Gasteiger partial charge is 0.369 e. The van der Waals surface area contributed by atoms with Gasteiger partial charge in [0, 0.05) is 23.6 Å². The van der Waals surface area contributed by atoms with Crippen LogP contribution in [0.15, 0.2) is 22.7 Å². The molecule has 0 bridgehead atoms. The maximum atomic E-state index is 11.6. The summed E-state index contributed by atoms with van der Waals surface area (Å²) in [5.74, 6) is 0.332. The van der Waals surface area contributed by atoms with E-state index in [0.717, 1.165) is 29.8 Å². The van der Waals surface area contributed by atoms with Gasteiger partial charge in [0.15, 0.2) is 0 Å². The number of piperidine rings is 1. The molecule has 0 saturated carbocycles. The molecule has 2 heterocycles. The number of nitrogens with one attached hydrogen (secondary N) is 1. The summed E-state index contributed by atoms with van der Waals surface area (Å²) in [6.07, 6.45) is 2.52. The zero-order chi connectivity index (χ0) is 13.4. The molecule has 2 saturated heterocycles. The van der Waals surface area contributed by atoms with Crippen molar-refractivity contribution in [1.29, 1.82) is 0 Å². The van der Waals surface area contributed by atoms with Crippen LogP contribution < -0.4 is 16.0 Å². The minimum Gasteiger partial charge on any atom is -0.369 e. The van der Waals surface area contributed by atoms with E-state index in [2.05, 4.69) is 26.1 Å². The summed E-state index contributed by atoms with van der Waals surface area (Å²) in [6.45, 7) is 3.08. The van der Waals surface area contributed by atoms with Gasteiger partial charge in [-0.2, -0.15) is 0 Å². The Kier molecular flexibility index (Phi) is 3.50. The third kappa shape index (κ3) is 2.49. The summed E-state index contributed by atoms with van der Waals surface area (Å²) in [6, 6.07) is 6.22. The van der Waals surface area contributed by atoms with E-state index in [1.165, 1.54) is 12.8 Å². The maximum absolute atomic E-state index is 11.6. The van der Waals surface area contributed by atoms with Gasteiger partial charge in [-0.05, 0) is 43.5 Å². The molecule has 1 aromatic carbocycles. The second-order valence-electron chi connectivity index (χ2n) is 5.39. The molecule has 4 nitrogen and oxygen atoms in total. The number of carbonyl (C=O) groups excluding carboxylic acids is 1. The van der Waals surface area contributed by atoms with Gasteiger partial charge in [0.1, 0.15) is 0 Å². The predicted octanol–water partition coefficient (Wildman–Crippen LogP) is 1.74. The van der Waals surface area contributed by atoms with Gasteiger partial charge in [-0.15, -0.1) is 0 Å². The highest BCUT2D eigenvalue weighted by atomic mass is 79.9. The van der Waals surface area contributed by atoms with E-state index < -0.39 is 0 Å². The summed E-state index contributed by atoms with van der Waals surface area (Å²) in [4.78, 5) is 13.9. The highest BCUT2D eigenvalue weighted by molar-refractivity contribution is 9.10. The second-order valence-corrected chi connectivity index (χ2v) is 6.31. The first-order chi connectivity index (χ1) is 9.15. The van der Waals surface area contributed by atoms with Crippen molar-refractivity contribution in [3.8, 4) is 0 Å². The number of rotatable bonds is 2. The van der Waals surface area contributed by atoms with E-state index in [1.54, 1.807) is 6.07 Å². The molecule has 3 rings (SSSR count). The van der Waals surface area contributed by atoms with Gasteiger partial charge in [-0.1, -0.05) is 15.9 Å². The topological polar surface area (TPSA) is 58.4 Å². The van der Waals surface area contributed by atoms with E-state index in [1.807, 2.05) is 12.1 Å². The molecule has 2 atom stereocenters. The lowest BCUT2D eigenvalue weighted by Crippen LogP contribution is -2.40. The van der Waals surface area contributed by atoms with Crippen LogP contribution in [-0.4, -0.2) is 31.6 Å². The normalized spacial score (nSPS) is 26.3. The third-order valence-electron chi connectivity index (χ3n) is 4.17. The zero-order valence-electron chi connectivity index (χ0n) is 10.7. The number of fused-ring (bicyclic) bond motifs is 1. The number of halogens is 1. The quantitative estimate of drug-likeness (QED) is 0.871. The molecule has 19 heavy (non-hydrogen) atoms. The minimum atomic E-state index is -0.356. The van der Waals surface area contributed by atoms with Gasteiger partial charge in [-0.25, -0.2) is 0 Å². The van der Waals surface area contributed by atoms with Crippen LogP contribution in [-0.2, 0) is 0 Å². The number of primary amides is 1. The van der Waals surface area contributed by atoms with Crippen LogP contribution in [0.25, 0.3) is 0 Å². The van der Waals surface area contributed by atoms with Crippen LogP contribution in [0.1, 0.15) is 23.2 Å². The van der Waals surface area contributed by atoms with E-state index >= 15 is 0 Å². The molecule has 5 heteroatoms. The van der Waals surface area contributed by atoms with Crippen LogP contribution in [0.3, 0.4) is 0 Å². The van der Waals surface area contributed by atoms with E-state index in [9.17, 15) is 4.79 Å². The smallest absolute Gasteiger partial charge is 0.250 e. The molecular weight excluding hydrogens is 306 g/mol. The van der Waals surface area contributed by atoms with Crippen molar-refractivity contribution < 1.29 is 4.79 Å². The SMILES string of the molecule is NC(=O)c1ccc(Br)cc1N1CC2CCCNC2C1. The van der Waals surface area contributed by atoms with Gasteiger partial charge in [0.05, 0.1) is 11.3 Å². The Morgan fingerprint density at radius 3 is 3.00 bits per heavy atom. The number of hydrogen-bond acceptors (Lipinski definition) is 3. The third-order valence-corrected chi connectivity index (χ3v) is 4.66. The summed E-state index contributed by atoms with van der Waals surface area (Å²) in [5, 5.41) is 3.57. The van der Waals surface area contributed by atoms with Crippen molar-refractivity contribution in [3.63, 3.8) is 0 Å². The lowest BCUT2D eigenvalue weighted by Gasteiger charge is -2.24. The number of carbonyl (C=O) groups is 1. The standard InChI is InChI=1S/C14H18BrN3O/c15-10-3-4-11(14(16)19)13(6-10)18-7-9-2-1-5-17-12(9)8-18/h3-4,6,9,12,17H,1-2,5,7-8H2,(H2,16,19). The number of nitrogens with two attached hydrogens (primary N) is 1. The molecule has 102 valence electrons. The minimum absolute atomic E-state index is 0.356. The molecule has 3 N–H and O–H groups in total. The Labute approximate surface area is 121 Å². The lowest BCUT2D eigenvalue weighted by molar-refractivity contribution is 0.100. The molecule has 2 fully saturated rings. The molecule has 1 amide bonds. The van der Waals surface area contributed by atoms with Crippen LogP contribution in [0.5, 0.6) is 0 Å². The maximum Gasteiger partial charge on any atom is 0.250 e. The van der Waals surface area contributed by atoms with Gasteiger partial charge < -0.3 is 16.0 Å². The van der Waals surface area contributed by atoms with E-state index in [-0.39, 0.29) is 5.91 Å². The molecule has 2 aliphatic rings. The van der Waals surface area contributed by atoms with Crippen molar-refractivity contribution in [2.75, 3.05) is 24.5 Å². The summed E-state index contributed by atoms with van der Waals surface area (Å²) < 4.78 is 0.982. The van der Waals surface area contributed by atoms with Crippen LogP contribution in [0, 0.1) is 5.92 Å². The Bertz CT molecular complexity index is 491. The Morgan fingerprint density at radius 2 is 2.26 bits per heavy atom. The number of hydrogen-bond donors (Lipinski definition) is 2. The van der Waals surface area contributed by atoms with Crippen molar-refractivity contribution in [2.45, 2.75) is 18.9 Å². The molecular formula is C14H18BrN3O. The molecule has 1 aromatic rings. The van der Waals surface area contributed by atoms with Gasteiger partial charge in [0.25, 0.3) is 5.91 Å². The number of amides is 1. The summed E-state index contributed by atoms with van der Waals surface area (Å²) in [7, 11) is 0. The van der Waals surface area contributed by atoms with Gasteiger partial charge >= 0.3 is 0 Å². The van der Waals surface area contributed by atoms with Crippen molar-refractivity contribution in [1.82, 2.24) is 5.32 Å². The summed E-state index contributed by atoms with van der Waals surface area (Å²) >= 11 is 3.47. The number of nitrogens with zero attached hydrogens (tertiary/aromatic N) is 1. The fraction of sp³-hybridized carbons (Fsp3) is 0.500. The first-order valence-corrected chi connectivity index (χ1v) is 7.52. The second kappa shape index (κ2) is 5.13. The lowest BCUT2D eigenvalue weighted by atomic mass is 9.94. The van der Waals surface area contributed by atoms with Crippen LogP contribution in [0.2, 0.25) is 0 Å². The van der Waals surface area contributed by atoms with Crippen molar-refractivity contribution in [2.24, 2.45) is 11.7 Å². The Morgan fingerprint density at radius 1 is 1.42 bits per heavy atom.